The monoisotopic (exact) mass is 423 g/mol. The number of nitrogens with one attached hydrogen (secondary N) is 2. The Kier molecular flexibility index (Phi) is 4.71. The number of benzene rings is 1. The van der Waals surface area contributed by atoms with Crippen molar-refractivity contribution in [1.29, 1.82) is 0 Å². The van der Waals surface area contributed by atoms with Crippen LogP contribution >= 0.6 is 34.2 Å². The van der Waals surface area contributed by atoms with Crippen LogP contribution in [0.4, 0.5) is 11.4 Å². The standard InChI is InChI=1S/C12H11ClIN3O2S/c1-15-11-3-2-6-16-12(11)20(18,19)17-10-5-4-8(14)7-9(10)13/h2-7,15,17H,1H3. The fourth-order valence-electron chi connectivity index (χ4n) is 1.56. The van der Waals surface area contributed by atoms with E-state index >= 15 is 0 Å². The van der Waals surface area contributed by atoms with Crippen LogP contribution < -0.4 is 10.0 Å². The van der Waals surface area contributed by atoms with Gasteiger partial charge in [0.15, 0.2) is 5.03 Å². The molecule has 0 spiro atoms. The lowest BCUT2D eigenvalue weighted by atomic mass is 10.3. The molecule has 8 heteroatoms. The van der Waals surface area contributed by atoms with Crippen molar-refractivity contribution in [2.24, 2.45) is 0 Å². The summed E-state index contributed by atoms with van der Waals surface area (Å²) in [4.78, 5) is 3.91. The van der Waals surface area contributed by atoms with Gasteiger partial charge in [0.1, 0.15) is 0 Å². The molecule has 106 valence electrons. The molecule has 0 amide bonds. The summed E-state index contributed by atoms with van der Waals surface area (Å²) in [7, 11) is -2.17. The topological polar surface area (TPSA) is 71.1 Å². The Labute approximate surface area is 135 Å². The summed E-state index contributed by atoms with van der Waals surface area (Å²) in [6, 6.07) is 8.35. The van der Waals surface area contributed by atoms with Crippen LogP contribution in [0.5, 0.6) is 0 Å². The zero-order valence-corrected chi connectivity index (χ0v) is 14.1. The molecule has 0 saturated heterocycles. The van der Waals surface area contributed by atoms with Gasteiger partial charge in [0.05, 0.1) is 16.4 Å². The minimum absolute atomic E-state index is 0.0721. The highest BCUT2D eigenvalue weighted by molar-refractivity contribution is 14.1. The number of nitrogens with zero attached hydrogens (tertiary/aromatic N) is 1. The molecule has 5 nitrogen and oxygen atoms in total. The van der Waals surface area contributed by atoms with Gasteiger partial charge >= 0.3 is 0 Å². The third kappa shape index (κ3) is 3.33. The van der Waals surface area contributed by atoms with Gasteiger partial charge in [0, 0.05) is 16.8 Å². The van der Waals surface area contributed by atoms with Crippen LogP contribution in [0.15, 0.2) is 41.6 Å². The Balaban J connectivity index is 2.41. The number of sulfonamides is 1. The van der Waals surface area contributed by atoms with Gasteiger partial charge in [-0.3, -0.25) is 4.72 Å². The van der Waals surface area contributed by atoms with Crippen molar-refractivity contribution >= 4 is 55.6 Å². The number of anilines is 2. The summed E-state index contributed by atoms with van der Waals surface area (Å²) in [6.45, 7) is 0. The van der Waals surface area contributed by atoms with E-state index < -0.39 is 10.0 Å². The molecule has 0 fully saturated rings. The highest BCUT2D eigenvalue weighted by atomic mass is 127. The van der Waals surface area contributed by atoms with Gasteiger partial charge in [0.25, 0.3) is 10.0 Å². The van der Waals surface area contributed by atoms with Crippen molar-refractivity contribution in [1.82, 2.24) is 4.98 Å². The fourth-order valence-corrected chi connectivity index (χ4v) is 3.74. The molecule has 0 radical (unpaired) electrons. The smallest absolute Gasteiger partial charge is 0.281 e. The second-order valence-electron chi connectivity index (χ2n) is 3.84. The molecule has 0 aliphatic rings. The average molecular weight is 424 g/mol. The minimum atomic E-state index is -3.80. The summed E-state index contributed by atoms with van der Waals surface area (Å²) in [5, 5.41) is 3.06. The van der Waals surface area contributed by atoms with E-state index in [-0.39, 0.29) is 5.03 Å². The molecule has 1 aromatic heterocycles. The Morgan fingerprint density at radius 2 is 2.00 bits per heavy atom. The highest BCUT2D eigenvalue weighted by Crippen LogP contribution is 2.27. The van der Waals surface area contributed by atoms with Crippen LogP contribution in [0.25, 0.3) is 0 Å². The Hall–Kier alpha value is -1.06. The van der Waals surface area contributed by atoms with Gasteiger partial charge in [-0.2, -0.15) is 8.42 Å². The lowest BCUT2D eigenvalue weighted by Gasteiger charge is -2.12. The van der Waals surface area contributed by atoms with Gasteiger partial charge in [-0.05, 0) is 52.9 Å². The second-order valence-corrected chi connectivity index (χ2v) is 7.09. The van der Waals surface area contributed by atoms with E-state index in [0.717, 1.165) is 3.57 Å². The Morgan fingerprint density at radius 3 is 2.65 bits per heavy atom. The largest absolute Gasteiger partial charge is 0.386 e. The summed E-state index contributed by atoms with van der Waals surface area (Å²) in [6.07, 6.45) is 1.42. The molecular formula is C12H11ClIN3O2S. The summed E-state index contributed by atoms with van der Waals surface area (Å²) < 4.78 is 28.0. The van der Waals surface area contributed by atoms with E-state index in [1.807, 2.05) is 0 Å². The fraction of sp³-hybridized carbons (Fsp3) is 0.0833. The van der Waals surface area contributed by atoms with Crippen LogP contribution in [0.3, 0.4) is 0 Å². The van der Waals surface area contributed by atoms with Crippen LogP contribution in [0, 0.1) is 3.57 Å². The van der Waals surface area contributed by atoms with Crippen molar-refractivity contribution in [2.75, 3.05) is 17.1 Å². The van der Waals surface area contributed by atoms with E-state index in [1.165, 1.54) is 6.20 Å². The van der Waals surface area contributed by atoms with Crippen molar-refractivity contribution in [3.8, 4) is 0 Å². The summed E-state index contributed by atoms with van der Waals surface area (Å²) >= 11 is 8.13. The molecule has 0 bridgehead atoms. The van der Waals surface area contributed by atoms with E-state index in [4.69, 9.17) is 11.6 Å². The molecule has 2 aromatic rings. The average Bonchev–Trinajstić information content (AvgIpc) is 2.42. The number of pyridine rings is 1. The van der Waals surface area contributed by atoms with Crippen LogP contribution in [0.1, 0.15) is 0 Å². The van der Waals surface area contributed by atoms with Crippen LogP contribution in [-0.2, 0) is 10.0 Å². The molecule has 1 aromatic carbocycles. The number of hydrogen-bond donors (Lipinski definition) is 2. The number of halogens is 2. The Morgan fingerprint density at radius 1 is 1.25 bits per heavy atom. The van der Waals surface area contributed by atoms with Gasteiger partial charge in [-0.15, -0.1) is 0 Å². The zero-order valence-electron chi connectivity index (χ0n) is 10.4. The molecule has 0 saturated carbocycles. The highest BCUT2D eigenvalue weighted by Gasteiger charge is 2.20. The zero-order chi connectivity index (χ0) is 14.8. The molecule has 20 heavy (non-hydrogen) atoms. The molecule has 0 unspecified atom stereocenters. The molecule has 0 atom stereocenters. The van der Waals surface area contributed by atoms with Gasteiger partial charge in [-0.25, -0.2) is 4.98 Å². The maximum absolute atomic E-state index is 12.3. The minimum Gasteiger partial charge on any atom is -0.386 e. The molecule has 1 heterocycles. The van der Waals surface area contributed by atoms with Crippen molar-refractivity contribution < 1.29 is 8.42 Å². The number of hydrogen-bond acceptors (Lipinski definition) is 4. The van der Waals surface area contributed by atoms with E-state index in [9.17, 15) is 8.42 Å². The van der Waals surface area contributed by atoms with Crippen LogP contribution in [0.2, 0.25) is 5.02 Å². The summed E-state index contributed by atoms with van der Waals surface area (Å²) in [5.41, 5.74) is 0.737. The first-order valence-electron chi connectivity index (χ1n) is 5.54. The molecule has 0 aliphatic heterocycles. The SMILES string of the molecule is CNc1cccnc1S(=O)(=O)Nc1ccc(I)cc1Cl. The van der Waals surface area contributed by atoms with Crippen molar-refractivity contribution in [3.63, 3.8) is 0 Å². The normalized spacial score (nSPS) is 11.2. The molecule has 2 N–H and O–H groups in total. The van der Waals surface area contributed by atoms with E-state index in [2.05, 4.69) is 37.6 Å². The first kappa shape index (κ1) is 15.3. The predicted octanol–water partition coefficient (Wildman–Crippen LogP) is 3.18. The third-order valence-electron chi connectivity index (χ3n) is 2.47. The lowest BCUT2D eigenvalue weighted by molar-refractivity contribution is 0.598. The maximum atomic E-state index is 12.3. The van der Waals surface area contributed by atoms with Crippen molar-refractivity contribution in [2.45, 2.75) is 5.03 Å². The number of rotatable bonds is 4. The predicted molar refractivity (Wildman–Crippen MR) is 88.8 cm³/mol. The molecule has 0 aliphatic carbocycles. The first-order chi connectivity index (χ1) is 9.44. The molecular weight excluding hydrogens is 413 g/mol. The molecule has 2 rings (SSSR count). The van der Waals surface area contributed by atoms with Gasteiger partial charge < -0.3 is 5.32 Å². The Bertz CT molecular complexity index is 737. The van der Waals surface area contributed by atoms with Gasteiger partial charge in [0.2, 0.25) is 0 Å². The van der Waals surface area contributed by atoms with Crippen molar-refractivity contribution in [3.05, 3.63) is 45.1 Å². The third-order valence-corrected chi connectivity index (χ3v) is 4.78. The van der Waals surface area contributed by atoms with E-state index in [1.54, 1.807) is 37.4 Å². The number of aromatic nitrogens is 1. The maximum Gasteiger partial charge on any atom is 0.281 e. The second kappa shape index (κ2) is 6.15. The summed E-state index contributed by atoms with van der Waals surface area (Å²) in [5.74, 6) is 0. The van der Waals surface area contributed by atoms with Gasteiger partial charge in [-0.1, -0.05) is 11.6 Å². The first-order valence-corrected chi connectivity index (χ1v) is 8.48. The van der Waals surface area contributed by atoms with Crippen LogP contribution in [-0.4, -0.2) is 20.4 Å². The lowest BCUT2D eigenvalue weighted by Crippen LogP contribution is -2.16. The quantitative estimate of drug-likeness (QED) is 0.741. The van der Waals surface area contributed by atoms with E-state index in [0.29, 0.717) is 16.4 Å².